The van der Waals surface area contributed by atoms with Crippen molar-refractivity contribution in [3.8, 4) is 0 Å². The average molecular weight is 388 g/mol. The van der Waals surface area contributed by atoms with E-state index in [1.165, 1.54) is 16.8 Å². The molecule has 1 aliphatic rings. The van der Waals surface area contributed by atoms with E-state index in [9.17, 15) is 4.79 Å². The molecule has 2 amide bonds. The Kier molecular flexibility index (Phi) is 5.09. The quantitative estimate of drug-likeness (QED) is 0.827. The molecule has 3 rings (SSSR count). The number of urea groups is 1. The monoisotopic (exact) mass is 387 g/mol. The van der Waals surface area contributed by atoms with Gasteiger partial charge < -0.3 is 15.1 Å². The first-order chi connectivity index (χ1) is 11.5. The van der Waals surface area contributed by atoms with Crippen LogP contribution < -0.4 is 10.2 Å². The zero-order chi connectivity index (χ0) is 17.1. The molecule has 4 nitrogen and oxygen atoms in total. The third-order valence-corrected chi connectivity index (χ3v) is 5.05. The number of benzene rings is 2. The lowest BCUT2D eigenvalue weighted by Gasteiger charge is -2.36. The van der Waals surface area contributed by atoms with Gasteiger partial charge in [-0.2, -0.15) is 0 Å². The van der Waals surface area contributed by atoms with Gasteiger partial charge in [0.1, 0.15) is 0 Å². The first-order valence-electron chi connectivity index (χ1n) is 8.16. The number of carbonyl (C=O) groups excluding carboxylic acids is 1. The summed E-state index contributed by atoms with van der Waals surface area (Å²) >= 11 is 3.40. The minimum atomic E-state index is -0.0305. The molecule has 0 atom stereocenters. The highest BCUT2D eigenvalue weighted by Crippen LogP contribution is 2.21. The molecule has 5 heteroatoms. The van der Waals surface area contributed by atoms with Gasteiger partial charge in [0.05, 0.1) is 0 Å². The maximum absolute atomic E-state index is 12.4. The van der Waals surface area contributed by atoms with E-state index in [1.807, 2.05) is 29.2 Å². The van der Waals surface area contributed by atoms with Crippen LogP contribution in [0, 0.1) is 13.8 Å². The Morgan fingerprint density at radius 3 is 2.25 bits per heavy atom. The Morgan fingerprint density at radius 2 is 1.62 bits per heavy atom. The number of nitrogens with one attached hydrogen (secondary N) is 1. The van der Waals surface area contributed by atoms with Crippen LogP contribution >= 0.6 is 15.9 Å². The number of piperazine rings is 1. The first kappa shape index (κ1) is 16.8. The molecule has 24 heavy (non-hydrogen) atoms. The zero-order valence-corrected chi connectivity index (χ0v) is 15.6. The van der Waals surface area contributed by atoms with Crippen molar-refractivity contribution in [2.45, 2.75) is 13.8 Å². The lowest BCUT2D eigenvalue weighted by atomic mass is 10.1. The summed E-state index contributed by atoms with van der Waals surface area (Å²) in [7, 11) is 0. The van der Waals surface area contributed by atoms with E-state index >= 15 is 0 Å². The topological polar surface area (TPSA) is 35.6 Å². The number of hydrogen-bond donors (Lipinski definition) is 1. The Balaban J connectivity index is 1.57. The standard InChI is InChI=1S/C19H22BrN3O/c1-14-3-8-18(13-15(14)2)22-9-11-23(12-10-22)19(24)21-17-6-4-16(20)5-7-17/h3-8,13H,9-12H2,1-2H3,(H,21,24). The summed E-state index contributed by atoms with van der Waals surface area (Å²) in [6, 6.07) is 14.2. The summed E-state index contributed by atoms with van der Waals surface area (Å²) in [6.45, 7) is 7.45. The Morgan fingerprint density at radius 1 is 0.958 bits per heavy atom. The summed E-state index contributed by atoms with van der Waals surface area (Å²) in [5.41, 5.74) is 4.68. The van der Waals surface area contributed by atoms with Crippen LogP contribution in [0.1, 0.15) is 11.1 Å². The number of anilines is 2. The van der Waals surface area contributed by atoms with Crippen LogP contribution in [0.5, 0.6) is 0 Å². The molecule has 126 valence electrons. The van der Waals surface area contributed by atoms with Gasteiger partial charge in [-0.05, 0) is 61.4 Å². The maximum Gasteiger partial charge on any atom is 0.321 e. The van der Waals surface area contributed by atoms with Gasteiger partial charge in [0.25, 0.3) is 0 Å². The highest BCUT2D eigenvalue weighted by atomic mass is 79.9. The van der Waals surface area contributed by atoms with Crippen LogP contribution in [0.2, 0.25) is 0 Å². The van der Waals surface area contributed by atoms with Crippen molar-refractivity contribution in [2.24, 2.45) is 0 Å². The van der Waals surface area contributed by atoms with E-state index in [1.54, 1.807) is 0 Å². The predicted octanol–water partition coefficient (Wildman–Crippen LogP) is 4.42. The molecule has 1 fully saturated rings. The van der Waals surface area contributed by atoms with Crippen molar-refractivity contribution in [2.75, 3.05) is 36.4 Å². The molecule has 1 heterocycles. The third kappa shape index (κ3) is 3.90. The van der Waals surface area contributed by atoms with Crippen LogP contribution in [-0.2, 0) is 0 Å². The fourth-order valence-corrected chi connectivity index (χ4v) is 3.09. The molecule has 0 aliphatic carbocycles. The molecule has 0 bridgehead atoms. The van der Waals surface area contributed by atoms with Gasteiger partial charge >= 0.3 is 6.03 Å². The summed E-state index contributed by atoms with van der Waals surface area (Å²) in [5.74, 6) is 0. The smallest absolute Gasteiger partial charge is 0.321 e. The van der Waals surface area contributed by atoms with Crippen molar-refractivity contribution in [1.29, 1.82) is 0 Å². The minimum Gasteiger partial charge on any atom is -0.368 e. The van der Waals surface area contributed by atoms with Crippen molar-refractivity contribution in [1.82, 2.24) is 4.90 Å². The lowest BCUT2D eigenvalue weighted by molar-refractivity contribution is 0.208. The van der Waals surface area contributed by atoms with Gasteiger partial charge in [0.2, 0.25) is 0 Å². The van der Waals surface area contributed by atoms with Crippen molar-refractivity contribution < 1.29 is 4.79 Å². The first-order valence-corrected chi connectivity index (χ1v) is 8.96. The summed E-state index contributed by atoms with van der Waals surface area (Å²) in [4.78, 5) is 16.6. The molecular formula is C19H22BrN3O. The fourth-order valence-electron chi connectivity index (χ4n) is 2.83. The number of carbonyl (C=O) groups is 1. The Labute approximate surface area is 151 Å². The van der Waals surface area contributed by atoms with Crippen LogP contribution in [-0.4, -0.2) is 37.1 Å². The SMILES string of the molecule is Cc1ccc(N2CCN(C(=O)Nc3ccc(Br)cc3)CC2)cc1C. The minimum absolute atomic E-state index is 0.0305. The Hall–Kier alpha value is -2.01. The highest BCUT2D eigenvalue weighted by Gasteiger charge is 2.21. The second kappa shape index (κ2) is 7.26. The molecule has 0 spiro atoms. The highest BCUT2D eigenvalue weighted by molar-refractivity contribution is 9.10. The number of hydrogen-bond acceptors (Lipinski definition) is 2. The van der Waals surface area contributed by atoms with Gasteiger partial charge in [-0.15, -0.1) is 0 Å². The number of amides is 2. The van der Waals surface area contributed by atoms with E-state index in [-0.39, 0.29) is 6.03 Å². The van der Waals surface area contributed by atoms with Crippen LogP contribution in [0.4, 0.5) is 16.2 Å². The van der Waals surface area contributed by atoms with Crippen molar-refractivity contribution in [3.05, 3.63) is 58.1 Å². The largest absolute Gasteiger partial charge is 0.368 e. The Bertz CT molecular complexity index is 722. The third-order valence-electron chi connectivity index (χ3n) is 4.52. The number of halogens is 1. The van der Waals surface area contributed by atoms with Crippen LogP contribution in [0.25, 0.3) is 0 Å². The van der Waals surface area contributed by atoms with E-state index in [2.05, 4.69) is 58.2 Å². The molecule has 2 aromatic carbocycles. The molecule has 1 N–H and O–H groups in total. The number of aryl methyl sites for hydroxylation is 2. The molecule has 0 radical (unpaired) electrons. The second-order valence-corrected chi connectivity index (χ2v) is 7.10. The van der Waals surface area contributed by atoms with E-state index in [0.717, 1.165) is 36.3 Å². The normalized spacial score (nSPS) is 14.6. The summed E-state index contributed by atoms with van der Waals surface area (Å²) in [6.07, 6.45) is 0. The van der Waals surface area contributed by atoms with Gasteiger partial charge in [-0.3, -0.25) is 0 Å². The zero-order valence-electron chi connectivity index (χ0n) is 14.1. The summed E-state index contributed by atoms with van der Waals surface area (Å²) in [5, 5.41) is 2.96. The van der Waals surface area contributed by atoms with Gasteiger partial charge in [0, 0.05) is 42.0 Å². The lowest BCUT2D eigenvalue weighted by Crippen LogP contribution is -2.50. The molecule has 0 saturated carbocycles. The number of rotatable bonds is 2. The van der Waals surface area contributed by atoms with Crippen LogP contribution in [0.3, 0.4) is 0 Å². The molecule has 0 aromatic heterocycles. The fraction of sp³-hybridized carbons (Fsp3) is 0.316. The van der Waals surface area contributed by atoms with E-state index < -0.39 is 0 Å². The van der Waals surface area contributed by atoms with Gasteiger partial charge in [0.15, 0.2) is 0 Å². The summed E-state index contributed by atoms with van der Waals surface area (Å²) < 4.78 is 1.00. The molecular weight excluding hydrogens is 366 g/mol. The molecule has 0 unspecified atom stereocenters. The van der Waals surface area contributed by atoms with Gasteiger partial charge in [-0.1, -0.05) is 22.0 Å². The second-order valence-electron chi connectivity index (χ2n) is 6.18. The molecule has 1 saturated heterocycles. The number of nitrogens with zero attached hydrogens (tertiary/aromatic N) is 2. The van der Waals surface area contributed by atoms with E-state index in [0.29, 0.717) is 0 Å². The van der Waals surface area contributed by atoms with Crippen molar-refractivity contribution >= 4 is 33.3 Å². The molecule has 2 aromatic rings. The van der Waals surface area contributed by atoms with Crippen LogP contribution in [0.15, 0.2) is 46.9 Å². The predicted molar refractivity (Wildman–Crippen MR) is 103 cm³/mol. The van der Waals surface area contributed by atoms with E-state index in [4.69, 9.17) is 0 Å². The van der Waals surface area contributed by atoms with Gasteiger partial charge in [-0.25, -0.2) is 4.79 Å². The average Bonchev–Trinajstić information content (AvgIpc) is 2.59. The van der Waals surface area contributed by atoms with Crippen molar-refractivity contribution in [3.63, 3.8) is 0 Å². The maximum atomic E-state index is 12.4. The molecule has 1 aliphatic heterocycles.